The molecule has 2 saturated heterocycles. The highest BCUT2D eigenvalue weighted by Crippen LogP contribution is 2.38. The third-order valence-corrected chi connectivity index (χ3v) is 8.06. The average Bonchev–Trinajstić information content (AvgIpc) is 3.46. The van der Waals surface area contributed by atoms with Crippen molar-refractivity contribution in [3.63, 3.8) is 0 Å². The third-order valence-electron chi connectivity index (χ3n) is 7.15. The average molecular weight is 671 g/mol. The Kier molecular flexibility index (Phi) is 8.90. The van der Waals surface area contributed by atoms with Crippen LogP contribution in [0.3, 0.4) is 0 Å². The van der Waals surface area contributed by atoms with Gasteiger partial charge in [0.05, 0.1) is 60.1 Å². The third kappa shape index (κ3) is 7.33. The molecule has 16 heteroatoms. The summed E-state index contributed by atoms with van der Waals surface area (Å²) in [4.78, 5) is 41.4. The lowest BCUT2D eigenvalue weighted by atomic mass is 10.0. The molecule has 2 aromatic carbocycles. The number of fused-ring (bicyclic) bond motifs is 1. The van der Waals surface area contributed by atoms with Crippen LogP contribution in [0.1, 0.15) is 43.0 Å². The number of carbonyl (C=O) groups excluding carboxylic acids is 3. The normalized spacial score (nSPS) is 19.1. The van der Waals surface area contributed by atoms with Gasteiger partial charge in [0.2, 0.25) is 0 Å². The van der Waals surface area contributed by atoms with Crippen molar-refractivity contribution in [2.24, 2.45) is 0 Å². The van der Waals surface area contributed by atoms with E-state index in [1.54, 1.807) is 39.0 Å². The molecule has 246 valence electrons. The van der Waals surface area contributed by atoms with E-state index < -0.39 is 64.5 Å². The van der Waals surface area contributed by atoms with Crippen LogP contribution in [0.4, 0.5) is 35.9 Å². The number of nitrogens with zero attached hydrogens (tertiary/aromatic N) is 4. The molecule has 0 N–H and O–H groups in total. The molecule has 0 aliphatic carbocycles. The Hall–Kier alpha value is -4.05. The first kappa shape index (κ1) is 33.3. The van der Waals surface area contributed by atoms with Crippen molar-refractivity contribution in [3.05, 3.63) is 69.8 Å². The Morgan fingerprint density at radius 1 is 1.07 bits per heavy atom. The second-order valence-corrected chi connectivity index (χ2v) is 12.7. The topological polar surface area (TPSA) is 94.0 Å². The molecule has 3 heterocycles. The Bertz CT molecular complexity index is 1710. The van der Waals surface area contributed by atoms with Crippen LogP contribution in [0.5, 0.6) is 0 Å². The van der Waals surface area contributed by atoms with E-state index in [2.05, 4.69) is 5.10 Å². The van der Waals surface area contributed by atoms with Gasteiger partial charge in [0.15, 0.2) is 0 Å². The van der Waals surface area contributed by atoms with Crippen molar-refractivity contribution in [1.82, 2.24) is 19.6 Å². The molecule has 1 atom stereocenters. The highest BCUT2D eigenvalue weighted by molar-refractivity contribution is 8.18. The minimum absolute atomic E-state index is 0.0858. The summed E-state index contributed by atoms with van der Waals surface area (Å²) in [5, 5.41) is 4.08. The van der Waals surface area contributed by atoms with Crippen LogP contribution in [0, 0.1) is 0 Å². The van der Waals surface area contributed by atoms with Gasteiger partial charge in [-0.05, 0) is 74.0 Å². The molecule has 0 bridgehead atoms. The van der Waals surface area contributed by atoms with E-state index in [-0.39, 0.29) is 37.3 Å². The fraction of sp³-hybridized carbons (Fsp3) is 0.400. The predicted octanol–water partition coefficient (Wildman–Crippen LogP) is 6.79. The lowest BCUT2D eigenvalue weighted by Crippen LogP contribution is -2.55. The summed E-state index contributed by atoms with van der Waals surface area (Å²) in [6, 6.07) is 5.60. The summed E-state index contributed by atoms with van der Waals surface area (Å²) in [5.41, 5.74) is -3.05. The molecule has 0 unspecified atom stereocenters. The smallest absolute Gasteiger partial charge is 0.416 e. The molecule has 0 saturated carbocycles. The van der Waals surface area contributed by atoms with Crippen LogP contribution in [0.2, 0.25) is 0 Å². The molecule has 2 aliphatic rings. The zero-order chi connectivity index (χ0) is 33.6. The van der Waals surface area contributed by atoms with Crippen molar-refractivity contribution in [2.45, 2.75) is 51.3 Å². The van der Waals surface area contributed by atoms with Gasteiger partial charge in [-0.25, -0.2) is 4.79 Å². The molecule has 3 aromatic rings. The molecule has 3 amide bonds. The van der Waals surface area contributed by atoms with Gasteiger partial charge in [0.1, 0.15) is 5.60 Å². The molecule has 0 spiro atoms. The van der Waals surface area contributed by atoms with E-state index in [9.17, 15) is 40.7 Å². The summed E-state index contributed by atoms with van der Waals surface area (Å²) in [7, 11) is 0. The van der Waals surface area contributed by atoms with Gasteiger partial charge < -0.3 is 9.47 Å². The van der Waals surface area contributed by atoms with Gasteiger partial charge in [-0.2, -0.15) is 31.4 Å². The van der Waals surface area contributed by atoms with E-state index in [1.165, 1.54) is 21.9 Å². The van der Waals surface area contributed by atoms with E-state index in [1.807, 2.05) is 0 Å². The van der Waals surface area contributed by atoms with Crippen molar-refractivity contribution in [3.8, 4) is 0 Å². The van der Waals surface area contributed by atoms with Crippen LogP contribution in [-0.2, 0) is 33.2 Å². The zero-order valence-corrected chi connectivity index (χ0v) is 25.6. The van der Waals surface area contributed by atoms with Gasteiger partial charge >= 0.3 is 18.4 Å². The number of thioether (sulfide) groups is 1. The van der Waals surface area contributed by atoms with Gasteiger partial charge in [-0.1, -0.05) is 12.1 Å². The van der Waals surface area contributed by atoms with Gasteiger partial charge in [0.25, 0.3) is 11.1 Å². The van der Waals surface area contributed by atoms with E-state index in [4.69, 9.17) is 9.47 Å². The van der Waals surface area contributed by atoms with Crippen molar-refractivity contribution < 1.29 is 50.2 Å². The number of hydrogen-bond donors (Lipinski definition) is 0. The van der Waals surface area contributed by atoms with Crippen molar-refractivity contribution in [1.29, 1.82) is 0 Å². The van der Waals surface area contributed by atoms with Crippen LogP contribution in [0.15, 0.2) is 47.5 Å². The Morgan fingerprint density at radius 2 is 1.80 bits per heavy atom. The minimum atomic E-state index is -5.02. The van der Waals surface area contributed by atoms with Crippen LogP contribution in [-0.4, -0.2) is 74.8 Å². The summed E-state index contributed by atoms with van der Waals surface area (Å²) in [6.45, 7) is 5.27. The number of hydrogen-bond acceptors (Lipinski definition) is 7. The second-order valence-electron chi connectivity index (χ2n) is 11.7. The molecule has 0 radical (unpaired) electrons. The number of amides is 3. The number of ether oxygens (including phenoxy) is 2. The Labute approximate surface area is 263 Å². The molecule has 1 aromatic heterocycles. The number of aromatic nitrogens is 2. The monoisotopic (exact) mass is 670 g/mol. The number of benzene rings is 2. The maximum Gasteiger partial charge on any atom is 0.416 e. The van der Waals surface area contributed by atoms with Gasteiger partial charge in [-0.15, -0.1) is 0 Å². The SMILES string of the molecule is CC(C)(C)OC(=O)N1CCOC[C@@H]1CN1C(=O)S/C(=C\c2ccc3c(cnn3Cc3ccc(C(F)(F)F)cc3C(F)(F)F)c2)C1=O. The maximum atomic E-state index is 13.6. The lowest BCUT2D eigenvalue weighted by Gasteiger charge is -2.37. The quantitative estimate of drug-likeness (QED) is 0.218. The highest BCUT2D eigenvalue weighted by atomic mass is 32.2. The second kappa shape index (κ2) is 12.3. The minimum Gasteiger partial charge on any atom is -0.444 e. The molecule has 46 heavy (non-hydrogen) atoms. The summed E-state index contributed by atoms with van der Waals surface area (Å²) >= 11 is 0.719. The van der Waals surface area contributed by atoms with E-state index in [0.717, 1.165) is 22.7 Å². The summed E-state index contributed by atoms with van der Waals surface area (Å²) in [6.07, 6.45) is -7.67. The number of carbonyl (C=O) groups is 3. The number of imide groups is 1. The lowest BCUT2D eigenvalue weighted by molar-refractivity contribution is -0.143. The Morgan fingerprint density at radius 3 is 2.48 bits per heavy atom. The van der Waals surface area contributed by atoms with E-state index in [0.29, 0.717) is 22.5 Å². The summed E-state index contributed by atoms with van der Waals surface area (Å²) in [5.74, 6) is -0.567. The molecule has 5 rings (SSSR count). The fourth-order valence-corrected chi connectivity index (χ4v) is 5.87. The number of halogens is 6. The first-order valence-corrected chi connectivity index (χ1v) is 14.8. The number of alkyl halides is 6. The molecule has 2 aliphatic heterocycles. The van der Waals surface area contributed by atoms with Crippen LogP contribution < -0.4 is 0 Å². The zero-order valence-electron chi connectivity index (χ0n) is 24.7. The highest BCUT2D eigenvalue weighted by Gasteiger charge is 2.41. The molecule has 9 nitrogen and oxygen atoms in total. The molecule has 2 fully saturated rings. The van der Waals surface area contributed by atoms with Crippen LogP contribution in [0.25, 0.3) is 17.0 Å². The van der Waals surface area contributed by atoms with Crippen molar-refractivity contribution >= 4 is 46.0 Å². The van der Waals surface area contributed by atoms with Crippen LogP contribution >= 0.6 is 11.8 Å². The Balaban J connectivity index is 1.33. The number of morpholine rings is 1. The predicted molar refractivity (Wildman–Crippen MR) is 156 cm³/mol. The van der Waals surface area contributed by atoms with Crippen molar-refractivity contribution in [2.75, 3.05) is 26.3 Å². The van der Waals surface area contributed by atoms with E-state index >= 15 is 0 Å². The standard InChI is InChI=1S/C30H28F6N4O5S/c1-28(2,3)45-26(42)38-8-9-44-16-21(38)15-39-25(41)24(46-27(39)43)11-17-4-7-23-19(10-17)13-37-40(23)14-18-5-6-20(29(31,32)33)12-22(18)30(34,35)36/h4-7,10-13,21H,8-9,14-16H2,1-3H3/b24-11-/t21-/m0/s1. The molecular formula is C30H28F6N4O5S. The maximum absolute atomic E-state index is 13.6. The molecular weight excluding hydrogens is 642 g/mol. The fourth-order valence-electron chi connectivity index (χ4n) is 5.02. The summed E-state index contributed by atoms with van der Waals surface area (Å²) < 4.78 is 92.3. The number of rotatable bonds is 5. The van der Waals surface area contributed by atoms with Gasteiger partial charge in [-0.3, -0.25) is 24.1 Å². The van der Waals surface area contributed by atoms with Gasteiger partial charge in [0, 0.05) is 11.9 Å². The largest absolute Gasteiger partial charge is 0.444 e. The first-order chi connectivity index (χ1) is 21.4. The first-order valence-electron chi connectivity index (χ1n) is 14.0.